The highest BCUT2D eigenvalue weighted by Gasteiger charge is 2.37. The van der Waals surface area contributed by atoms with Crippen molar-refractivity contribution in [1.29, 1.82) is 0 Å². The number of hydrogen-bond acceptors (Lipinski definition) is 6. The monoisotopic (exact) mass is 569 g/mol. The first-order valence-electron chi connectivity index (χ1n) is 14.1. The largest absolute Gasteiger partial charge is 0.445 e. The van der Waals surface area contributed by atoms with E-state index in [1.807, 2.05) is 71.0 Å². The van der Waals surface area contributed by atoms with E-state index in [2.05, 4.69) is 10.6 Å². The minimum atomic E-state index is -1.17. The molecular formula is C32H47N3O6. The van der Waals surface area contributed by atoms with Crippen molar-refractivity contribution in [2.75, 3.05) is 13.1 Å². The second-order valence-electron chi connectivity index (χ2n) is 12.7. The van der Waals surface area contributed by atoms with Gasteiger partial charge in [0.05, 0.1) is 18.7 Å². The summed E-state index contributed by atoms with van der Waals surface area (Å²) in [6.45, 7) is 15.1. The molecule has 41 heavy (non-hydrogen) atoms. The number of ether oxygens (including phenoxy) is 2. The zero-order chi connectivity index (χ0) is 30.8. The fraction of sp³-hybridized carbons (Fsp3) is 0.531. The van der Waals surface area contributed by atoms with Gasteiger partial charge in [0.2, 0.25) is 5.91 Å². The standard InChI is InChI=1S/C32H47N3O6/c1-22(2)19-35(30(39)41-32(6,7)8)20-25(36)26(24-17-13-10-14-18-24)33-28(37)27(31(3,4)5)34-29(38)40-21-23-15-11-9-12-16-23/h9-18,22,25-27,36H,19-21H2,1-8H3,(H,33,37)(H,34,38)/t25-,26?,27-/m1/s1. The smallest absolute Gasteiger partial charge is 0.410 e. The van der Waals surface area contributed by atoms with Crippen molar-refractivity contribution in [3.8, 4) is 0 Å². The normalized spacial score (nSPS) is 14.0. The number of alkyl carbamates (subject to hydrolysis) is 1. The van der Waals surface area contributed by atoms with E-state index >= 15 is 0 Å². The average Bonchev–Trinajstić information content (AvgIpc) is 2.87. The van der Waals surface area contributed by atoms with Crippen LogP contribution in [0.1, 0.15) is 72.6 Å². The molecule has 0 spiro atoms. The van der Waals surface area contributed by atoms with Gasteiger partial charge in [0.25, 0.3) is 0 Å². The molecule has 3 N–H and O–H groups in total. The van der Waals surface area contributed by atoms with E-state index in [1.165, 1.54) is 4.90 Å². The molecule has 9 nitrogen and oxygen atoms in total. The van der Waals surface area contributed by atoms with Crippen LogP contribution in [0, 0.1) is 11.3 Å². The van der Waals surface area contributed by atoms with Crippen LogP contribution in [0.4, 0.5) is 9.59 Å². The lowest BCUT2D eigenvalue weighted by molar-refractivity contribution is -0.127. The molecule has 1 unspecified atom stereocenters. The van der Waals surface area contributed by atoms with Gasteiger partial charge in [0.15, 0.2) is 0 Å². The summed E-state index contributed by atoms with van der Waals surface area (Å²) in [4.78, 5) is 40.8. The summed E-state index contributed by atoms with van der Waals surface area (Å²) in [6.07, 6.45) is -2.44. The Morgan fingerprint density at radius 1 is 0.854 bits per heavy atom. The Kier molecular flexibility index (Phi) is 12.2. The molecule has 0 bridgehead atoms. The Bertz CT molecular complexity index is 1110. The second kappa shape index (κ2) is 14.9. The SMILES string of the molecule is CC(C)CN(C[C@@H](O)C(NC(=O)[C@@H](NC(=O)OCc1ccccc1)C(C)(C)C)c1ccccc1)C(=O)OC(C)(C)C. The van der Waals surface area contributed by atoms with Crippen molar-refractivity contribution in [3.05, 3.63) is 71.8 Å². The zero-order valence-corrected chi connectivity index (χ0v) is 25.6. The third-order valence-electron chi connectivity index (χ3n) is 6.09. The Balaban J connectivity index is 2.25. The third kappa shape index (κ3) is 11.8. The first-order valence-corrected chi connectivity index (χ1v) is 14.1. The first-order chi connectivity index (χ1) is 19.1. The van der Waals surface area contributed by atoms with Crippen LogP contribution >= 0.6 is 0 Å². The first kappa shape index (κ1) is 33.6. The van der Waals surface area contributed by atoms with E-state index in [9.17, 15) is 19.5 Å². The molecule has 0 aliphatic carbocycles. The lowest BCUT2D eigenvalue weighted by atomic mass is 9.85. The number of rotatable bonds is 11. The van der Waals surface area contributed by atoms with Crippen molar-refractivity contribution >= 4 is 18.1 Å². The highest BCUT2D eigenvalue weighted by molar-refractivity contribution is 5.86. The van der Waals surface area contributed by atoms with Gasteiger partial charge >= 0.3 is 12.2 Å². The third-order valence-corrected chi connectivity index (χ3v) is 6.09. The number of aliphatic hydroxyl groups excluding tert-OH is 1. The molecule has 3 atom stereocenters. The average molecular weight is 570 g/mol. The number of aliphatic hydroxyl groups is 1. The van der Waals surface area contributed by atoms with Crippen LogP contribution in [0.3, 0.4) is 0 Å². The topological polar surface area (TPSA) is 117 Å². The van der Waals surface area contributed by atoms with Crippen molar-refractivity contribution in [2.45, 2.75) is 85.8 Å². The highest BCUT2D eigenvalue weighted by atomic mass is 16.6. The van der Waals surface area contributed by atoms with Crippen LogP contribution in [0.25, 0.3) is 0 Å². The predicted molar refractivity (Wildman–Crippen MR) is 159 cm³/mol. The van der Waals surface area contributed by atoms with Gasteiger partial charge in [0, 0.05) is 6.54 Å². The maximum atomic E-state index is 13.7. The Morgan fingerprint density at radius 2 is 1.41 bits per heavy atom. The summed E-state index contributed by atoms with van der Waals surface area (Å²) in [5.41, 5.74) is 0.0942. The molecule has 2 aromatic carbocycles. The van der Waals surface area contributed by atoms with E-state index in [4.69, 9.17) is 9.47 Å². The number of hydrogen-bond donors (Lipinski definition) is 3. The molecule has 3 amide bonds. The lowest BCUT2D eigenvalue weighted by Gasteiger charge is -2.35. The molecule has 0 heterocycles. The molecule has 0 aromatic heterocycles. The Morgan fingerprint density at radius 3 is 1.93 bits per heavy atom. The molecule has 9 heteroatoms. The number of benzene rings is 2. The van der Waals surface area contributed by atoms with Crippen molar-refractivity contribution in [3.63, 3.8) is 0 Å². The molecule has 0 aliphatic rings. The summed E-state index contributed by atoms with van der Waals surface area (Å²) in [5, 5.41) is 17.1. The summed E-state index contributed by atoms with van der Waals surface area (Å²) in [7, 11) is 0. The van der Waals surface area contributed by atoms with E-state index in [0.717, 1.165) is 5.56 Å². The molecule has 2 rings (SSSR count). The van der Waals surface area contributed by atoms with Crippen LogP contribution in [0.15, 0.2) is 60.7 Å². The number of nitrogens with one attached hydrogen (secondary N) is 2. The summed E-state index contributed by atoms with van der Waals surface area (Å²) in [5.74, 6) is -0.370. The minimum absolute atomic E-state index is 0.0624. The predicted octanol–water partition coefficient (Wildman–Crippen LogP) is 5.44. The Labute approximate surface area is 244 Å². The summed E-state index contributed by atoms with van der Waals surface area (Å²) < 4.78 is 10.9. The molecule has 0 saturated heterocycles. The lowest BCUT2D eigenvalue weighted by Crippen LogP contribution is -2.56. The quantitative estimate of drug-likeness (QED) is 0.332. The van der Waals surface area contributed by atoms with Crippen LogP contribution < -0.4 is 10.6 Å². The van der Waals surface area contributed by atoms with Gasteiger partial charge in [0.1, 0.15) is 18.2 Å². The number of nitrogens with zero attached hydrogens (tertiary/aromatic N) is 1. The molecule has 226 valence electrons. The van der Waals surface area contributed by atoms with Crippen molar-refractivity contribution < 1.29 is 29.0 Å². The second-order valence-corrected chi connectivity index (χ2v) is 12.7. The molecule has 0 saturated carbocycles. The van der Waals surface area contributed by atoms with E-state index in [1.54, 1.807) is 45.0 Å². The van der Waals surface area contributed by atoms with Gasteiger partial charge in [-0.3, -0.25) is 4.79 Å². The molecule has 0 aliphatic heterocycles. The fourth-order valence-electron chi connectivity index (χ4n) is 4.18. The number of carbonyl (C=O) groups is 3. The summed E-state index contributed by atoms with van der Waals surface area (Å²) in [6, 6.07) is 16.4. The number of carbonyl (C=O) groups excluding carboxylic acids is 3. The van der Waals surface area contributed by atoms with Gasteiger partial charge in [-0.15, -0.1) is 0 Å². The maximum Gasteiger partial charge on any atom is 0.410 e. The van der Waals surface area contributed by atoms with Gasteiger partial charge in [-0.05, 0) is 43.2 Å². The molecule has 2 aromatic rings. The maximum absolute atomic E-state index is 13.7. The molecule has 0 fully saturated rings. The highest BCUT2D eigenvalue weighted by Crippen LogP contribution is 2.24. The van der Waals surface area contributed by atoms with Crippen LogP contribution in [-0.4, -0.2) is 58.9 Å². The van der Waals surface area contributed by atoms with Crippen LogP contribution in [0.5, 0.6) is 0 Å². The Hall–Kier alpha value is -3.59. The van der Waals surface area contributed by atoms with Gasteiger partial charge < -0.3 is 30.1 Å². The summed E-state index contributed by atoms with van der Waals surface area (Å²) >= 11 is 0. The van der Waals surface area contributed by atoms with Gasteiger partial charge in [-0.2, -0.15) is 0 Å². The van der Waals surface area contributed by atoms with Crippen molar-refractivity contribution in [1.82, 2.24) is 15.5 Å². The zero-order valence-electron chi connectivity index (χ0n) is 25.6. The fourth-order valence-corrected chi connectivity index (χ4v) is 4.18. The van der Waals surface area contributed by atoms with Gasteiger partial charge in [-0.1, -0.05) is 95.3 Å². The molecule has 0 radical (unpaired) electrons. The van der Waals surface area contributed by atoms with Crippen molar-refractivity contribution in [2.24, 2.45) is 11.3 Å². The van der Waals surface area contributed by atoms with Crippen LogP contribution in [-0.2, 0) is 20.9 Å². The van der Waals surface area contributed by atoms with E-state index in [-0.39, 0.29) is 19.1 Å². The number of amides is 3. The van der Waals surface area contributed by atoms with Crippen LogP contribution in [0.2, 0.25) is 0 Å². The molecular weight excluding hydrogens is 522 g/mol. The van der Waals surface area contributed by atoms with E-state index in [0.29, 0.717) is 12.1 Å². The van der Waals surface area contributed by atoms with Gasteiger partial charge in [-0.25, -0.2) is 9.59 Å². The minimum Gasteiger partial charge on any atom is -0.445 e. The van der Waals surface area contributed by atoms with E-state index < -0.39 is 47.3 Å².